The Labute approximate surface area is 111 Å². The summed E-state index contributed by atoms with van der Waals surface area (Å²) in [6.45, 7) is 8.15. The summed E-state index contributed by atoms with van der Waals surface area (Å²) in [7, 11) is 2.23. The molecule has 18 heavy (non-hydrogen) atoms. The van der Waals surface area contributed by atoms with Crippen molar-refractivity contribution in [1.29, 1.82) is 0 Å². The standard InChI is InChI=1S/C16H26N2/c1-12-11-18(4)13(2)10-16(12)17-14(3)15-8-6-5-7-9-15/h5-9,12-14,16-17H,10-11H2,1-4H3/t12-,13+,14-,16+/m0/s1. The fraction of sp³-hybridized carbons (Fsp3) is 0.625. The molecule has 0 radical (unpaired) electrons. The van der Waals surface area contributed by atoms with Crippen LogP contribution >= 0.6 is 0 Å². The number of nitrogens with one attached hydrogen (secondary N) is 1. The Bertz CT molecular complexity index is 363. The van der Waals surface area contributed by atoms with Crippen LogP contribution in [0.4, 0.5) is 0 Å². The van der Waals surface area contributed by atoms with E-state index in [1.165, 1.54) is 18.5 Å². The van der Waals surface area contributed by atoms with E-state index in [0.717, 1.165) is 5.92 Å². The molecule has 0 amide bonds. The van der Waals surface area contributed by atoms with Crippen molar-refractivity contribution in [2.45, 2.75) is 45.3 Å². The van der Waals surface area contributed by atoms with Crippen LogP contribution in [0.25, 0.3) is 0 Å². The fourth-order valence-corrected chi connectivity index (χ4v) is 2.93. The highest BCUT2D eigenvalue weighted by atomic mass is 15.2. The van der Waals surface area contributed by atoms with Crippen LogP contribution in [0.5, 0.6) is 0 Å². The minimum absolute atomic E-state index is 0.439. The summed E-state index contributed by atoms with van der Waals surface area (Å²) in [5.74, 6) is 0.720. The molecule has 0 unspecified atom stereocenters. The number of benzene rings is 1. The van der Waals surface area contributed by atoms with Gasteiger partial charge in [0.1, 0.15) is 0 Å². The topological polar surface area (TPSA) is 15.3 Å². The first-order chi connectivity index (χ1) is 8.58. The molecule has 1 fully saturated rings. The van der Waals surface area contributed by atoms with Gasteiger partial charge in [-0.2, -0.15) is 0 Å². The molecule has 1 saturated heterocycles. The Morgan fingerprint density at radius 3 is 2.56 bits per heavy atom. The van der Waals surface area contributed by atoms with Crippen molar-refractivity contribution < 1.29 is 0 Å². The zero-order chi connectivity index (χ0) is 13.1. The molecule has 2 rings (SSSR count). The lowest BCUT2D eigenvalue weighted by Crippen LogP contribution is -2.51. The van der Waals surface area contributed by atoms with Crippen LogP contribution in [0.2, 0.25) is 0 Å². The highest BCUT2D eigenvalue weighted by Gasteiger charge is 2.29. The van der Waals surface area contributed by atoms with Crippen molar-refractivity contribution in [3.05, 3.63) is 35.9 Å². The highest BCUT2D eigenvalue weighted by Crippen LogP contribution is 2.23. The minimum atomic E-state index is 0.439. The largest absolute Gasteiger partial charge is 0.307 e. The monoisotopic (exact) mass is 246 g/mol. The van der Waals surface area contributed by atoms with Crippen LogP contribution in [0.3, 0.4) is 0 Å². The second kappa shape index (κ2) is 5.85. The van der Waals surface area contributed by atoms with E-state index in [-0.39, 0.29) is 0 Å². The number of hydrogen-bond acceptors (Lipinski definition) is 2. The van der Waals surface area contributed by atoms with Gasteiger partial charge in [-0.05, 0) is 38.8 Å². The Kier molecular flexibility index (Phi) is 4.41. The van der Waals surface area contributed by atoms with Crippen molar-refractivity contribution in [3.8, 4) is 0 Å². The van der Waals surface area contributed by atoms with Crippen LogP contribution in [-0.4, -0.2) is 30.6 Å². The maximum Gasteiger partial charge on any atom is 0.0294 e. The smallest absolute Gasteiger partial charge is 0.0294 e. The molecular weight excluding hydrogens is 220 g/mol. The zero-order valence-electron chi connectivity index (χ0n) is 12.1. The average molecular weight is 246 g/mol. The molecule has 1 aliphatic heterocycles. The summed E-state index contributed by atoms with van der Waals surface area (Å²) < 4.78 is 0. The normalized spacial score (nSPS) is 31.2. The van der Waals surface area contributed by atoms with E-state index in [1.807, 2.05) is 0 Å². The van der Waals surface area contributed by atoms with Gasteiger partial charge in [0.2, 0.25) is 0 Å². The van der Waals surface area contributed by atoms with Gasteiger partial charge < -0.3 is 10.2 Å². The van der Waals surface area contributed by atoms with E-state index < -0.39 is 0 Å². The maximum absolute atomic E-state index is 3.81. The Balaban J connectivity index is 1.97. The molecule has 0 bridgehead atoms. The minimum Gasteiger partial charge on any atom is -0.307 e. The van der Waals surface area contributed by atoms with Gasteiger partial charge in [0.05, 0.1) is 0 Å². The van der Waals surface area contributed by atoms with Crippen LogP contribution in [-0.2, 0) is 0 Å². The summed E-state index contributed by atoms with van der Waals surface area (Å²) in [5, 5.41) is 3.81. The van der Waals surface area contributed by atoms with Gasteiger partial charge in [-0.3, -0.25) is 0 Å². The predicted molar refractivity (Wildman–Crippen MR) is 77.7 cm³/mol. The van der Waals surface area contributed by atoms with Gasteiger partial charge in [0.25, 0.3) is 0 Å². The van der Waals surface area contributed by atoms with E-state index in [1.54, 1.807) is 0 Å². The Morgan fingerprint density at radius 2 is 1.89 bits per heavy atom. The van der Waals surface area contributed by atoms with E-state index in [4.69, 9.17) is 0 Å². The summed E-state index contributed by atoms with van der Waals surface area (Å²) in [6.07, 6.45) is 1.24. The van der Waals surface area contributed by atoms with Crippen LogP contribution < -0.4 is 5.32 Å². The first-order valence-electron chi connectivity index (χ1n) is 7.09. The van der Waals surface area contributed by atoms with Crippen LogP contribution in [0, 0.1) is 5.92 Å². The first-order valence-corrected chi connectivity index (χ1v) is 7.09. The zero-order valence-corrected chi connectivity index (χ0v) is 12.1. The van der Waals surface area contributed by atoms with E-state index >= 15 is 0 Å². The lowest BCUT2D eigenvalue weighted by atomic mass is 9.89. The van der Waals surface area contributed by atoms with Gasteiger partial charge in [-0.15, -0.1) is 0 Å². The highest BCUT2D eigenvalue weighted by molar-refractivity contribution is 5.18. The molecule has 0 aromatic heterocycles. The van der Waals surface area contributed by atoms with Gasteiger partial charge in [-0.1, -0.05) is 37.3 Å². The fourth-order valence-electron chi connectivity index (χ4n) is 2.93. The van der Waals surface area contributed by atoms with Gasteiger partial charge >= 0.3 is 0 Å². The lowest BCUT2D eigenvalue weighted by molar-refractivity contribution is 0.116. The van der Waals surface area contributed by atoms with Crippen molar-refractivity contribution in [1.82, 2.24) is 10.2 Å². The quantitative estimate of drug-likeness (QED) is 0.882. The molecule has 2 nitrogen and oxygen atoms in total. The van der Waals surface area contributed by atoms with Gasteiger partial charge in [0, 0.05) is 24.7 Å². The molecule has 1 heterocycles. The molecule has 0 aliphatic carbocycles. The third kappa shape index (κ3) is 3.12. The SMILES string of the molecule is C[C@H](N[C@@H]1C[C@@H](C)N(C)C[C@@H]1C)c1ccccc1. The van der Waals surface area contributed by atoms with Crippen LogP contribution in [0.1, 0.15) is 38.8 Å². The van der Waals surface area contributed by atoms with Crippen molar-refractivity contribution in [3.63, 3.8) is 0 Å². The molecule has 1 aromatic rings. The van der Waals surface area contributed by atoms with E-state index in [9.17, 15) is 0 Å². The van der Waals surface area contributed by atoms with Crippen molar-refractivity contribution in [2.24, 2.45) is 5.92 Å². The number of nitrogens with zero attached hydrogens (tertiary/aromatic N) is 1. The molecule has 100 valence electrons. The summed E-state index contributed by atoms with van der Waals surface area (Å²) in [5.41, 5.74) is 1.39. The number of hydrogen-bond donors (Lipinski definition) is 1. The van der Waals surface area contributed by atoms with Crippen LogP contribution in [0.15, 0.2) is 30.3 Å². The first kappa shape index (κ1) is 13.6. The predicted octanol–water partition coefficient (Wildman–Crippen LogP) is 3.07. The van der Waals surface area contributed by atoms with E-state index in [0.29, 0.717) is 18.1 Å². The lowest BCUT2D eigenvalue weighted by Gasteiger charge is -2.41. The average Bonchev–Trinajstić information content (AvgIpc) is 2.37. The molecular formula is C16H26N2. The number of likely N-dealkylation sites (tertiary alicyclic amines) is 1. The molecule has 0 spiro atoms. The van der Waals surface area contributed by atoms with Gasteiger partial charge in [0.15, 0.2) is 0 Å². The number of rotatable bonds is 3. The molecule has 1 aliphatic rings. The summed E-state index contributed by atoms with van der Waals surface area (Å²) in [6, 6.07) is 12.5. The summed E-state index contributed by atoms with van der Waals surface area (Å²) in [4.78, 5) is 2.47. The number of piperidine rings is 1. The second-order valence-electron chi connectivity index (χ2n) is 5.91. The van der Waals surface area contributed by atoms with Gasteiger partial charge in [-0.25, -0.2) is 0 Å². The molecule has 4 atom stereocenters. The summed E-state index contributed by atoms with van der Waals surface area (Å²) >= 11 is 0. The molecule has 1 aromatic carbocycles. The Morgan fingerprint density at radius 1 is 1.22 bits per heavy atom. The second-order valence-corrected chi connectivity index (χ2v) is 5.91. The molecule has 2 heteroatoms. The molecule has 0 saturated carbocycles. The molecule has 1 N–H and O–H groups in total. The third-order valence-corrected chi connectivity index (χ3v) is 4.37. The van der Waals surface area contributed by atoms with Crippen molar-refractivity contribution in [2.75, 3.05) is 13.6 Å². The third-order valence-electron chi connectivity index (χ3n) is 4.37. The maximum atomic E-state index is 3.81. The Hall–Kier alpha value is -0.860. The van der Waals surface area contributed by atoms with Crippen molar-refractivity contribution >= 4 is 0 Å². The van der Waals surface area contributed by atoms with E-state index in [2.05, 4.69) is 68.4 Å².